The molecule has 16 heavy (non-hydrogen) atoms. The summed E-state index contributed by atoms with van der Waals surface area (Å²) in [5.74, 6) is 0. The number of aryl methyl sites for hydroxylation is 1. The Kier molecular flexibility index (Phi) is 2.70. The number of nitrogens with one attached hydrogen (secondary N) is 1. The highest BCUT2D eigenvalue weighted by Crippen LogP contribution is 2.29. The summed E-state index contributed by atoms with van der Waals surface area (Å²) in [5, 5.41) is 5.02. The Hall–Kier alpha value is -0.860. The number of thiophene rings is 1. The van der Waals surface area contributed by atoms with Gasteiger partial charge in [0.1, 0.15) is 0 Å². The molecule has 84 valence electrons. The molecule has 1 aliphatic carbocycles. The zero-order valence-electron chi connectivity index (χ0n) is 9.62. The van der Waals surface area contributed by atoms with Crippen LogP contribution in [0.4, 0.5) is 0 Å². The average molecular weight is 231 g/mol. The molecule has 1 N–H and O–H groups in total. The molecule has 0 unspecified atom stereocenters. The van der Waals surface area contributed by atoms with E-state index in [1.54, 1.807) is 0 Å². The van der Waals surface area contributed by atoms with Gasteiger partial charge in [0.2, 0.25) is 0 Å². The van der Waals surface area contributed by atoms with E-state index in [2.05, 4.69) is 36.5 Å². The maximum Gasteiger partial charge on any atom is 0.0375 e. The Morgan fingerprint density at radius 3 is 2.94 bits per heavy atom. The van der Waals surface area contributed by atoms with E-state index < -0.39 is 0 Å². The number of hydrogen-bond donors (Lipinski definition) is 1. The highest BCUT2D eigenvalue weighted by Gasteiger charge is 2.16. The van der Waals surface area contributed by atoms with Crippen LogP contribution in [0.25, 0.3) is 10.1 Å². The Morgan fingerprint density at radius 1 is 1.38 bits per heavy atom. The summed E-state index contributed by atoms with van der Waals surface area (Å²) in [7, 11) is 0. The first kappa shape index (κ1) is 10.3. The maximum absolute atomic E-state index is 3.63. The van der Waals surface area contributed by atoms with Gasteiger partial charge in [-0.3, -0.25) is 0 Å². The van der Waals surface area contributed by atoms with Gasteiger partial charge in [-0.2, -0.15) is 0 Å². The molecule has 1 heterocycles. The second-order valence-corrected chi connectivity index (χ2v) is 5.85. The Morgan fingerprint density at radius 2 is 2.25 bits per heavy atom. The van der Waals surface area contributed by atoms with Crippen LogP contribution in [0.15, 0.2) is 24.3 Å². The third-order valence-corrected chi connectivity index (χ3v) is 4.75. The summed E-state index contributed by atoms with van der Waals surface area (Å²) in [5.41, 5.74) is 1.40. The molecule has 1 aromatic heterocycles. The first-order valence-corrected chi connectivity index (χ1v) is 6.86. The van der Waals surface area contributed by atoms with Crippen molar-refractivity contribution in [1.82, 2.24) is 5.32 Å². The van der Waals surface area contributed by atoms with Crippen molar-refractivity contribution >= 4 is 21.4 Å². The summed E-state index contributed by atoms with van der Waals surface area (Å²) < 4.78 is 1.45. The first-order valence-electron chi connectivity index (χ1n) is 6.04. The van der Waals surface area contributed by atoms with Crippen molar-refractivity contribution in [1.29, 1.82) is 0 Å². The lowest BCUT2D eigenvalue weighted by atomic mass is 9.93. The molecule has 1 nitrogen and oxygen atoms in total. The number of hydrogen-bond acceptors (Lipinski definition) is 2. The molecule has 0 amide bonds. The lowest BCUT2D eigenvalue weighted by Crippen LogP contribution is -2.34. The van der Waals surface area contributed by atoms with Gasteiger partial charge in [0.05, 0.1) is 0 Å². The average Bonchev–Trinajstić information content (AvgIpc) is 2.60. The van der Waals surface area contributed by atoms with Crippen molar-refractivity contribution < 1.29 is 0 Å². The second-order valence-electron chi connectivity index (χ2n) is 4.71. The molecule has 1 saturated carbocycles. The van der Waals surface area contributed by atoms with E-state index in [0.29, 0.717) is 0 Å². The Balaban J connectivity index is 1.79. The van der Waals surface area contributed by atoms with Crippen LogP contribution in [0, 0.1) is 6.92 Å². The second kappa shape index (κ2) is 4.19. The molecule has 0 spiro atoms. The van der Waals surface area contributed by atoms with Crippen molar-refractivity contribution in [3.05, 3.63) is 34.7 Å². The zero-order valence-corrected chi connectivity index (χ0v) is 10.4. The van der Waals surface area contributed by atoms with Crippen molar-refractivity contribution in [2.75, 3.05) is 0 Å². The smallest absolute Gasteiger partial charge is 0.0375 e. The highest BCUT2D eigenvalue weighted by molar-refractivity contribution is 7.19. The van der Waals surface area contributed by atoms with Gasteiger partial charge in [0, 0.05) is 22.2 Å². The largest absolute Gasteiger partial charge is 0.309 e. The third-order valence-electron chi connectivity index (χ3n) is 3.46. The normalized spacial score (nSPS) is 16.6. The topological polar surface area (TPSA) is 12.0 Å². The number of benzene rings is 1. The van der Waals surface area contributed by atoms with Crippen molar-refractivity contribution in [3.8, 4) is 0 Å². The van der Waals surface area contributed by atoms with Gasteiger partial charge in [-0.25, -0.2) is 0 Å². The van der Waals surface area contributed by atoms with Gasteiger partial charge in [0.15, 0.2) is 0 Å². The minimum Gasteiger partial charge on any atom is -0.309 e. The molecule has 1 aromatic carbocycles. The molecule has 1 aliphatic rings. The lowest BCUT2D eigenvalue weighted by Gasteiger charge is -2.26. The summed E-state index contributed by atoms with van der Waals surface area (Å²) in [4.78, 5) is 1.47. The van der Waals surface area contributed by atoms with Gasteiger partial charge >= 0.3 is 0 Å². The molecule has 3 rings (SSSR count). The van der Waals surface area contributed by atoms with Gasteiger partial charge in [-0.1, -0.05) is 24.6 Å². The summed E-state index contributed by atoms with van der Waals surface area (Å²) in [6.45, 7) is 3.24. The molecule has 2 aromatic rings. The van der Waals surface area contributed by atoms with Crippen molar-refractivity contribution in [3.63, 3.8) is 0 Å². The van der Waals surface area contributed by atoms with Gasteiger partial charge in [0.25, 0.3) is 0 Å². The summed E-state index contributed by atoms with van der Waals surface area (Å²) in [6.07, 6.45) is 4.14. The molecule has 0 saturated heterocycles. The van der Waals surface area contributed by atoms with E-state index in [-0.39, 0.29) is 0 Å². The van der Waals surface area contributed by atoms with E-state index in [1.165, 1.54) is 39.8 Å². The van der Waals surface area contributed by atoms with E-state index >= 15 is 0 Å². The SMILES string of the molecule is Cc1cccc2cc(CNC3CCC3)sc12. The standard InChI is InChI=1S/C14H17NS/c1-10-4-2-5-11-8-13(16-14(10)11)9-15-12-6-3-7-12/h2,4-5,8,12,15H,3,6-7,9H2,1H3. The van der Waals surface area contributed by atoms with Crippen LogP contribution in [0.5, 0.6) is 0 Å². The van der Waals surface area contributed by atoms with Crippen LogP contribution >= 0.6 is 11.3 Å². The van der Waals surface area contributed by atoms with Crippen LogP contribution in [0.2, 0.25) is 0 Å². The quantitative estimate of drug-likeness (QED) is 0.846. The Bertz CT molecular complexity index is 496. The minimum atomic E-state index is 0.784. The maximum atomic E-state index is 3.63. The van der Waals surface area contributed by atoms with E-state index in [1.807, 2.05) is 11.3 Å². The van der Waals surface area contributed by atoms with Crippen LogP contribution in [-0.2, 0) is 6.54 Å². The van der Waals surface area contributed by atoms with E-state index in [9.17, 15) is 0 Å². The lowest BCUT2D eigenvalue weighted by molar-refractivity contribution is 0.339. The summed E-state index contributed by atoms with van der Waals surface area (Å²) >= 11 is 1.94. The van der Waals surface area contributed by atoms with Crippen LogP contribution < -0.4 is 5.32 Å². The summed E-state index contributed by atoms with van der Waals surface area (Å²) in [6, 6.07) is 9.67. The first-order chi connectivity index (χ1) is 7.83. The van der Waals surface area contributed by atoms with E-state index in [0.717, 1.165) is 12.6 Å². The fraction of sp³-hybridized carbons (Fsp3) is 0.429. The predicted molar refractivity (Wildman–Crippen MR) is 71.0 cm³/mol. The highest BCUT2D eigenvalue weighted by atomic mass is 32.1. The zero-order chi connectivity index (χ0) is 11.0. The van der Waals surface area contributed by atoms with Crippen LogP contribution in [-0.4, -0.2) is 6.04 Å². The van der Waals surface area contributed by atoms with Crippen LogP contribution in [0.3, 0.4) is 0 Å². The van der Waals surface area contributed by atoms with Crippen molar-refractivity contribution in [2.45, 2.75) is 38.8 Å². The Labute approximate surface area is 100 Å². The molecule has 0 aliphatic heterocycles. The van der Waals surface area contributed by atoms with Crippen LogP contribution in [0.1, 0.15) is 29.7 Å². The molecule has 2 heteroatoms. The van der Waals surface area contributed by atoms with Gasteiger partial charge < -0.3 is 5.32 Å². The van der Waals surface area contributed by atoms with Gasteiger partial charge in [-0.05, 0) is 36.8 Å². The van der Waals surface area contributed by atoms with Gasteiger partial charge in [-0.15, -0.1) is 11.3 Å². The van der Waals surface area contributed by atoms with Crippen molar-refractivity contribution in [2.24, 2.45) is 0 Å². The molecule has 0 radical (unpaired) electrons. The predicted octanol–water partition coefficient (Wildman–Crippen LogP) is 3.85. The van der Waals surface area contributed by atoms with E-state index in [4.69, 9.17) is 0 Å². The minimum absolute atomic E-state index is 0.784. The fourth-order valence-electron chi connectivity index (χ4n) is 2.21. The third kappa shape index (κ3) is 1.87. The number of rotatable bonds is 3. The molecule has 1 fully saturated rings. The molecule has 0 bridgehead atoms. The monoisotopic (exact) mass is 231 g/mol. The fourth-order valence-corrected chi connectivity index (χ4v) is 3.28. The number of fused-ring (bicyclic) bond motifs is 1. The molecule has 0 atom stereocenters. The molecular formula is C14H17NS. The molecular weight excluding hydrogens is 214 g/mol.